The van der Waals surface area contributed by atoms with Gasteiger partial charge < -0.3 is 20.5 Å². The van der Waals surface area contributed by atoms with Crippen molar-refractivity contribution in [3.05, 3.63) is 11.9 Å². The van der Waals surface area contributed by atoms with Gasteiger partial charge in [0.1, 0.15) is 12.2 Å². The number of nitrogens with one attached hydrogen (secondary N) is 2. The zero-order valence-corrected chi connectivity index (χ0v) is 11.5. The molecular formula is C11H19N5O4. The van der Waals surface area contributed by atoms with E-state index in [0.29, 0.717) is 18.8 Å². The summed E-state index contributed by atoms with van der Waals surface area (Å²) in [6.45, 7) is 4.67. The molecule has 0 bridgehead atoms. The van der Waals surface area contributed by atoms with Crippen LogP contribution in [0.5, 0.6) is 0 Å². The lowest BCUT2D eigenvalue weighted by Gasteiger charge is -2.12. The number of nitrogens with zero attached hydrogens (tertiary/aromatic N) is 3. The van der Waals surface area contributed by atoms with Crippen LogP contribution in [0.2, 0.25) is 0 Å². The van der Waals surface area contributed by atoms with Crippen LogP contribution in [0.15, 0.2) is 6.20 Å². The smallest absolute Gasteiger partial charge is 0.325 e. The first-order valence-corrected chi connectivity index (χ1v) is 6.25. The van der Waals surface area contributed by atoms with Gasteiger partial charge in [-0.1, -0.05) is 5.21 Å². The second kappa shape index (κ2) is 8.10. The third-order valence-corrected chi connectivity index (χ3v) is 2.31. The van der Waals surface area contributed by atoms with Crippen LogP contribution in [0, 0.1) is 0 Å². The zero-order chi connectivity index (χ0) is 15.0. The number of rotatable bonds is 8. The highest BCUT2D eigenvalue weighted by atomic mass is 16.5. The van der Waals surface area contributed by atoms with Gasteiger partial charge in [-0.05, 0) is 13.8 Å². The van der Waals surface area contributed by atoms with Crippen molar-refractivity contribution in [3.63, 3.8) is 0 Å². The Balaban J connectivity index is 2.26. The predicted octanol–water partition coefficient (Wildman–Crippen LogP) is -0.413. The molecule has 0 aromatic carbocycles. The van der Waals surface area contributed by atoms with Crippen LogP contribution in [0.4, 0.5) is 4.79 Å². The second-order valence-electron chi connectivity index (χ2n) is 4.13. The number of carboxylic acid groups (broad SMARTS) is 1. The van der Waals surface area contributed by atoms with Crippen molar-refractivity contribution >= 4 is 12.0 Å². The van der Waals surface area contributed by atoms with E-state index in [9.17, 15) is 9.59 Å². The fraction of sp³-hybridized carbons (Fsp3) is 0.636. The quantitative estimate of drug-likeness (QED) is 0.597. The molecule has 0 aliphatic carbocycles. The van der Waals surface area contributed by atoms with Gasteiger partial charge in [-0.25, -0.2) is 9.48 Å². The number of carboxylic acids is 1. The molecule has 9 heteroatoms. The Bertz CT molecular complexity index is 448. The van der Waals surface area contributed by atoms with E-state index in [4.69, 9.17) is 9.84 Å². The Morgan fingerprint density at radius 3 is 2.90 bits per heavy atom. The maximum absolute atomic E-state index is 11.5. The molecule has 0 aliphatic heterocycles. The molecule has 0 saturated carbocycles. The molecule has 1 unspecified atom stereocenters. The van der Waals surface area contributed by atoms with E-state index in [1.54, 1.807) is 0 Å². The topological polar surface area (TPSA) is 118 Å². The van der Waals surface area contributed by atoms with Crippen LogP contribution >= 0.6 is 0 Å². The monoisotopic (exact) mass is 285 g/mol. The number of aliphatic carboxylic acids is 1. The highest BCUT2D eigenvalue weighted by Crippen LogP contribution is 1.93. The van der Waals surface area contributed by atoms with E-state index >= 15 is 0 Å². The van der Waals surface area contributed by atoms with E-state index in [1.807, 2.05) is 13.8 Å². The van der Waals surface area contributed by atoms with Gasteiger partial charge in [0.05, 0.1) is 18.8 Å². The van der Waals surface area contributed by atoms with E-state index in [0.717, 1.165) is 0 Å². The third kappa shape index (κ3) is 6.14. The van der Waals surface area contributed by atoms with Crippen LogP contribution < -0.4 is 10.6 Å². The number of hydrogen-bond acceptors (Lipinski definition) is 5. The average molecular weight is 285 g/mol. The van der Waals surface area contributed by atoms with Gasteiger partial charge in [-0.3, -0.25) is 4.79 Å². The van der Waals surface area contributed by atoms with Gasteiger partial charge in [-0.15, -0.1) is 5.10 Å². The molecule has 2 amide bonds. The molecule has 9 nitrogen and oxygen atoms in total. The summed E-state index contributed by atoms with van der Waals surface area (Å²) in [5.74, 6) is -1.00. The molecule has 1 rings (SSSR count). The van der Waals surface area contributed by atoms with Crippen molar-refractivity contribution in [1.82, 2.24) is 25.6 Å². The lowest BCUT2D eigenvalue weighted by Crippen LogP contribution is -2.39. The predicted molar refractivity (Wildman–Crippen MR) is 69.0 cm³/mol. The van der Waals surface area contributed by atoms with E-state index in [2.05, 4.69) is 20.9 Å². The Labute approximate surface area is 116 Å². The fourth-order valence-corrected chi connectivity index (χ4v) is 1.45. The summed E-state index contributed by atoms with van der Waals surface area (Å²) in [6.07, 6.45) is 1.42. The molecule has 1 atom stereocenters. The zero-order valence-electron chi connectivity index (χ0n) is 11.5. The van der Waals surface area contributed by atoms with E-state index < -0.39 is 5.97 Å². The van der Waals surface area contributed by atoms with Gasteiger partial charge >= 0.3 is 12.0 Å². The van der Waals surface area contributed by atoms with Crippen molar-refractivity contribution in [3.8, 4) is 0 Å². The number of urea groups is 1. The molecule has 0 spiro atoms. The average Bonchev–Trinajstić information content (AvgIpc) is 2.81. The molecule has 1 aromatic rings. The van der Waals surface area contributed by atoms with Gasteiger partial charge in [0, 0.05) is 13.2 Å². The Kier molecular flexibility index (Phi) is 6.44. The van der Waals surface area contributed by atoms with Crippen LogP contribution in [0.3, 0.4) is 0 Å². The van der Waals surface area contributed by atoms with Crippen molar-refractivity contribution in [2.24, 2.45) is 0 Å². The molecule has 112 valence electrons. The number of amides is 2. The van der Waals surface area contributed by atoms with Crippen molar-refractivity contribution in [2.45, 2.75) is 33.0 Å². The highest BCUT2D eigenvalue weighted by molar-refractivity contribution is 5.73. The summed E-state index contributed by atoms with van der Waals surface area (Å²) in [4.78, 5) is 21.9. The maximum Gasteiger partial charge on any atom is 0.325 e. The van der Waals surface area contributed by atoms with E-state index in [-0.39, 0.29) is 25.2 Å². The highest BCUT2D eigenvalue weighted by Gasteiger charge is 2.07. The SMILES string of the molecule is CCOC(C)CNC(=O)NCc1cn(CC(=O)O)nn1. The maximum atomic E-state index is 11.5. The largest absolute Gasteiger partial charge is 0.480 e. The summed E-state index contributed by atoms with van der Waals surface area (Å²) < 4.78 is 6.46. The molecule has 0 saturated heterocycles. The molecule has 0 aliphatic rings. The normalized spacial score (nSPS) is 11.9. The summed E-state index contributed by atoms with van der Waals surface area (Å²) in [5, 5.41) is 21.2. The Hall–Kier alpha value is -2.16. The van der Waals surface area contributed by atoms with Crippen molar-refractivity contribution in [2.75, 3.05) is 13.2 Å². The molecular weight excluding hydrogens is 266 g/mol. The van der Waals surface area contributed by atoms with Gasteiger partial charge in [0.15, 0.2) is 0 Å². The summed E-state index contributed by atoms with van der Waals surface area (Å²) in [5.41, 5.74) is 0.485. The Morgan fingerprint density at radius 1 is 1.50 bits per heavy atom. The molecule has 3 N–H and O–H groups in total. The van der Waals surface area contributed by atoms with Crippen molar-refractivity contribution < 1.29 is 19.4 Å². The molecule has 20 heavy (non-hydrogen) atoms. The number of carbonyl (C=O) groups excluding carboxylic acids is 1. The van der Waals surface area contributed by atoms with Crippen LogP contribution in [-0.2, 0) is 22.6 Å². The molecule has 0 fully saturated rings. The molecule has 0 radical (unpaired) electrons. The minimum atomic E-state index is -1.00. The lowest BCUT2D eigenvalue weighted by atomic mass is 10.4. The molecule has 1 heterocycles. The first kappa shape index (κ1) is 15.9. The Morgan fingerprint density at radius 2 is 2.25 bits per heavy atom. The number of carbonyl (C=O) groups is 2. The fourth-order valence-electron chi connectivity index (χ4n) is 1.45. The minimum Gasteiger partial charge on any atom is -0.480 e. The van der Waals surface area contributed by atoms with Gasteiger partial charge in [0.25, 0.3) is 0 Å². The van der Waals surface area contributed by atoms with Gasteiger partial charge in [0.2, 0.25) is 0 Å². The number of hydrogen-bond donors (Lipinski definition) is 3. The third-order valence-electron chi connectivity index (χ3n) is 2.31. The number of ether oxygens (including phenoxy) is 1. The molecule has 1 aromatic heterocycles. The van der Waals surface area contributed by atoms with E-state index in [1.165, 1.54) is 10.9 Å². The summed E-state index contributed by atoms with van der Waals surface area (Å²) >= 11 is 0. The first-order valence-electron chi connectivity index (χ1n) is 6.25. The first-order chi connectivity index (χ1) is 9.51. The summed E-state index contributed by atoms with van der Waals surface area (Å²) in [7, 11) is 0. The standard InChI is InChI=1S/C11H19N5O4/c1-3-20-8(2)4-12-11(19)13-5-9-6-16(15-14-9)7-10(17)18/h6,8H,3-5,7H2,1-2H3,(H,17,18)(H2,12,13,19). The van der Waals surface area contributed by atoms with Crippen LogP contribution in [0.25, 0.3) is 0 Å². The van der Waals surface area contributed by atoms with Crippen LogP contribution in [-0.4, -0.2) is 51.4 Å². The lowest BCUT2D eigenvalue weighted by molar-refractivity contribution is -0.137. The van der Waals surface area contributed by atoms with Crippen LogP contribution in [0.1, 0.15) is 19.5 Å². The van der Waals surface area contributed by atoms with Gasteiger partial charge in [-0.2, -0.15) is 0 Å². The minimum absolute atomic E-state index is 0.0535. The summed E-state index contributed by atoms with van der Waals surface area (Å²) in [6, 6.07) is -0.343. The second-order valence-corrected chi connectivity index (χ2v) is 4.13. The number of aromatic nitrogens is 3. The van der Waals surface area contributed by atoms with Crippen molar-refractivity contribution in [1.29, 1.82) is 0 Å².